The molecule has 0 spiro atoms. The van der Waals surface area contributed by atoms with Crippen LogP contribution in [0.25, 0.3) is 0 Å². The number of rotatable bonds is 3. The van der Waals surface area contributed by atoms with E-state index in [1.54, 1.807) is 0 Å². The third-order valence-corrected chi connectivity index (χ3v) is 4.98. The van der Waals surface area contributed by atoms with Gasteiger partial charge in [0.05, 0.1) is 11.9 Å². The van der Waals surface area contributed by atoms with Crippen molar-refractivity contribution in [2.45, 2.75) is 18.8 Å². The number of hydrogen-bond donors (Lipinski definition) is 0. The lowest BCUT2D eigenvalue weighted by molar-refractivity contribution is -0.157. The molecule has 2 aromatic rings. The van der Waals surface area contributed by atoms with E-state index in [-0.39, 0.29) is 6.10 Å². The highest BCUT2D eigenvalue weighted by molar-refractivity contribution is 9.10. The van der Waals surface area contributed by atoms with Crippen LogP contribution < -0.4 is 0 Å². The minimum absolute atomic E-state index is 0.0354. The van der Waals surface area contributed by atoms with Crippen molar-refractivity contribution in [2.75, 3.05) is 11.9 Å². The molecule has 110 valence electrons. The van der Waals surface area contributed by atoms with E-state index in [2.05, 4.69) is 63.0 Å². The molecule has 1 aliphatic heterocycles. The maximum absolute atomic E-state index is 6.27. The Morgan fingerprint density at radius 1 is 1.10 bits per heavy atom. The van der Waals surface area contributed by atoms with E-state index in [4.69, 9.17) is 9.47 Å². The predicted molar refractivity (Wildman–Crippen MR) is 90.6 cm³/mol. The van der Waals surface area contributed by atoms with E-state index in [1.165, 1.54) is 5.56 Å². The van der Waals surface area contributed by atoms with Crippen molar-refractivity contribution >= 4 is 31.9 Å². The first-order chi connectivity index (χ1) is 10.1. The number of halogens is 2. The van der Waals surface area contributed by atoms with Crippen LogP contribution in [0.2, 0.25) is 0 Å². The average Bonchev–Trinajstić information content (AvgIpc) is 2.94. The summed E-state index contributed by atoms with van der Waals surface area (Å²) in [7, 11) is 0. The zero-order valence-electron chi connectivity index (χ0n) is 11.7. The number of benzene rings is 2. The third-order valence-electron chi connectivity index (χ3n) is 3.71. The van der Waals surface area contributed by atoms with Crippen LogP contribution in [-0.2, 0) is 15.3 Å². The van der Waals surface area contributed by atoms with Gasteiger partial charge in [-0.3, -0.25) is 0 Å². The largest absolute Gasteiger partial charge is 0.342 e. The van der Waals surface area contributed by atoms with Crippen molar-refractivity contribution in [3.63, 3.8) is 0 Å². The Labute approximate surface area is 141 Å². The Bertz CT molecular complexity index is 610. The van der Waals surface area contributed by atoms with Gasteiger partial charge in [-0.2, -0.15) is 0 Å². The summed E-state index contributed by atoms with van der Waals surface area (Å²) in [6.45, 7) is 2.64. The molecule has 1 heterocycles. The van der Waals surface area contributed by atoms with Crippen molar-refractivity contribution in [3.8, 4) is 0 Å². The number of hydrogen-bond acceptors (Lipinski definition) is 2. The zero-order chi connectivity index (χ0) is 14.9. The molecule has 0 bridgehead atoms. The minimum Gasteiger partial charge on any atom is -0.342 e. The average molecular weight is 412 g/mol. The van der Waals surface area contributed by atoms with Crippen LogP contribution in [0.4, 0.5) is 0 Å². The monoisotopic (exact) mass is 410 g/mol. The summed E-state index contributed by atoms with van der Waals surface area (Å²) in [5, 5.41) is 0.601. The van der Waals surface area contributed by atoms with Crippen molar-refractivity contribution in [1.82, 2.24) is 0 Å². The Balaban J connectivity index is 1.85. The smallest absolute Gasteiger partial charge is 0.205 e. The van der Waals surface area contributed by atoms with Gasteiger partial charge in [0.2, 0.25) is 5.79 Å². The molecule has 0 N–H and O–H groups in total. The molecule has 0 aliphatic carbocycles. The second-order valence-electron chi connectivity index (χ2n) is 5.22. The van der Waals surface area contributed by atoms with Crippen LogP contribution in [0, 0.1) is 6.92 Å². The summed E-state index contributed by atoms with van der Waals surface area (Å²) in [5.41, 5.74) is 3.43. The van der Waals surface area contributed by atoms with Gasteiger partial charge in [-0.1, -0.05) is 73.8 Å². The van der Waals surface area contributed by atoms with E-state index in [1.807, 2.05) is 24.3 Å². The Hall–Kier alpha value is -0.680. The van der Waals surface area contributed by atoms with Gasteiger partial charge in [-0.15, -0.1) is 0 Å². The van der Waals surface area contributed by atoms with Crippen molar-refractivity contribution < 1.29 is 9.47 Å². The van der Waals surface area contributed by atoms with Gasteiger partial charge in [0.25, 0.3) is 0 Å². The highest BCUT2D eigenvalue weighted by Gasteiger charge is 2.42. The molecule has 3 rings (SSSR count). The molecule has 4 heteroatoms. The first-order valence-electron chi connectivity index (χ1n) is 6.83. The summed E-state index contributed by atoms with van der Waals surface area (Å²) in [6.07, 6.45) is -0.0354. The second kappa shape index (κ2) is 6.21. The van der Waals surface area contributed by atoms with E-state index >= 15 is 0 Å². The van der Waals surface area contributed by atoms with Crippen LogP contribution >= 0.6 is 31.9 Å². The summed E-state index contributed by atoms with van der Waals surface area (Å²) in [6, 6.07) is 16.5. The molecule has 2 nitrogen and oxygen atoms in total. The molecule has 0 amide bonds. The SMILES string of the molecule is Cc1ccc([C@@H]2CO[C@@](CBr)(c3ccc(Br)cc3)O2)cc1. The highest BCUT2D eigenvalue weighted by Crippen LogP contribution is 2.41. The van der Waals surface area contributed by atoms with Gasteiger partial charge >= 0.3 is 0 Å². The fourth-order valence-corrected chi connectivity index (χ4v) is 3.34. The molecule has 0 aromatic heterocycles. The summed E-state index contributed by atoms with van der Waals surface area (Å²) in [5.74, 6) is -0.712. The number of ether oxygens (including phenoxy) is 2. The molecular weight excluding hydrogens is 396 g/mol. The normalized spacial score (nSPS) is 25.2. The zero-order valence-corrected chi connectivity index (χ0v) is 14.9. The van der Waals surface area contributed by atoms with E-state index in [9.17, 15) is 0 Å². The molecule has 0 saturated carbocycles. The van der Waals surface area contributed by atoms with E-state index in [0.29, 0.717) is 11.9 Å². The maximum atomic E-state index is 6.27. The maximum Gasteiger partial charge on any atom is 0.205 e. The lowest BCUT2D eigenvalue weighted by Crippen LogP contribution is -2.29. The predicted octanol–water partition coefficient (Wildman–Crippen LogP) is 5.09. The first-order valence-corrected chi connectivity index (χ1v) is 8.75. The lowest BCUT2D eigenvalue weighted by atomic mass is 10.1. The van der Waals surface area contributed by atoms with Crippen molar-refractivity contribution in [1.29, 1.82) is 0 Å². The molecule has 2 aromatic carbocycles. The molecule has 1 saturated heterocycles. The van der Waals surface area contributed by atoms with Crippen LogP contribution in [0.15, 0.2) is 53.0 Å². The Kier molecular flexibility index (Phi) is 4.50. The van der Waals surface area contributed by atoms with Crippen LogP contribution in [-0.4, -0.2) is 11.9 Å². The number of aryl methyl sites for hydroxylation is 1. The Morgan fingerprint density at radius 2 is 1.76 bits per heavy atom. The van der Waals surface area contributed by atoms with Gasteiger partial charge < -0.3 is 9.47 Å². The standard InChI is InChI=1S/C17H16Br2O2/c1-12-2-4-13(5-3-12)16-10-20-17(11-18,21-16)14-6-8-15(19)9-7-14/h2-9,16H,10-11H2,1H3/t16-,17+/m0/s1. The fraction of sp³-hybridized carbons (Fsp3) is 0.294. The molecule has 2 atom stereocenters. The van der Waals surface area contributed by atoms with Crippen LogP contribution in [0.3, 0.4) is 0 Å². The third kappa shape index (κ3) is 3.09. The van der Waals surface area contributed by atoms with Gasteiger partial charge in [-0.05, 0) is 24.6 Å². The van der Waals surface area contributed by atoms with Gasteiger partial charge in [-0.25, -0.2) is 0 Å². The van der Waals surface area contributed by atoms with Crippen molar-refractivity contribution in [3.05, 3.63) is 69.7 Å². The number of alkyl halides is 1. The summed E-state index contributed by atoms with van der Waals surface area (Å²) < 4.78 is 13.3. The fourth-order valence-electron chi connectivity index (χ4n) is 2.46. The first kappa shape index (κ1) is 15.2. The Morgan fingerprint density at radius 3 is 2.38 bits per heavy atom. The van der Waals surface area contributed by atoms with Gasteiger partial charge in [0, 0.05) is 10.0 Å². The van der Waals surface area contributed by atoms with Crippen LogP contribution in [0.1, 0.15) is 22.8 Å². The lowest BCUT2D eigenvalue weighted by Gasteiger charge is -2.26. The highest BCUT2D eigenvalue weighted by atomic mass is 79.9. The van der Waals surface area contributed by atoms with Gasteiger partial charge in [0.1, 0.15) is 6.10 Å². The molecule has 1 aliphatic rings. The summed E-state index contributed by atoms with van der Waals surface area (Å²) in [4.78, 5) is 0. The molecule has 1 fully saturated rings. The van der Waals surface area contributed by atoms with Gasteiger partial charge in [0.15, 0.2) is 0 Å². The minimum atomic E-state index is -0.712. The van der Waals surface area contributed by atoms with Crippen molar-refractivity contribution in [2.24, 2.45) is 0 Å². The summed E-state index contributed by atoms with van der Waals surface area (Å²) >= 11 is 6.99. The van der Waals surface area contributed by atoms with Crippen LogP contribution in [0.5, 0.6) is 0 Å². The van der Waals surface area contributed by atoms with E-state index < -0.39 is 5.79 Å². The molecule has 0 radical (unpaired) electrons. The molecule has 0 unspecified atom stereocenters. The second-order valence-corrected chi connectivity index (χ2v) is 6.70. The molecule has 21 heavy (non-hydrogen) atoms. The quantitative estimate of drug-likeness (QED) is 0.654. The van der Waals surface area contributed by atoms with E-state index in [0.717, 1.165) is 15.6 Å². The topological polar surface area (TPSA) is 18.5 Å². The molecular formula is C17H16Br2O2.